The molecule has 3 aromatic rings. The highest BCUT2D eigenvalue weighted by molar-refractivity contribution is 5.97. The van der Waals surface area contributed by atoms with E-state index >= 15 is 4.39 Å². The van der Waals surface area contributed by atoms with Crippen LogP contribution in [0.25, 0.3) is 22.0 Å². The quantitative estimate of drug-likeness (QED) is 0.720. The molecular weight excluding hydrogens is 362 g/mol. The Balaban J connectivity index is 1.82. The molecule has 1 fully saturated rings. The molecular formula is C21H18F2N4O. The van der Waals surface area contributed by atoms with E-state index in [4.69, 9.17) is 0 Å². The van der Waals surface area contributed by atoms with Gasteiger partial charge in [-0.1, -0.05) is 0 Å². The summed E-state index contributed by atoms with van der Waals surface area (Å²) in [6.45, 7) is 4.00. The molecule has 0 saturated heterocycles. The summed E-state index contributed by atoms with van der Waals surface area (Å²) < 4.78 is 30.1. The number of amides is 1. The second-order valence-electron chi connectivity index (χ2n) is 7.26. The average molecular weight is 380 g/mol. The zero-order valence-corrected chi connectivity index (χ0v) is 15.4. The predicted molar refractivity (Wildman–Crippen MR) is 102 cm³/mol. The van der Waals surface area contributed by atoms with Crippen molar-refractivity contribution in [1.82, 2.24) is 9.55 Å². The molecule has 4 rings (SSSR count). The van der Waals surface area contributed by atoms with E-state index in [-0.39, 0.29) is 29.2 Å². The predicted octanol–water partition coefficient (Wildman–Crippen LogP) is 4.59. The van der Waals surface area contributed by atoms with Gasteiger partial charge in [-0.3, -0.25) is 4.79 Å². The molecule has 2 atom stereocenters. The first-order chi connectivity index (χ1) is 13.4. The van der Waals surface area contributed by atoms with Gasteiger partial charge in [0.05, 0.1) is 11.5 Å². The van der Waals surface area contributed by atoms with Crippen LogP contribution in [-0.4, -0.2) is 21.6 Å². The molecule has 0 spiro atoms. The average Bonchev–Trinajstić information content (AvgIpc) is 3.19. The number of hydrogen-bond acceptors (Lipinski definition) is 3. The second-order valence-corrected chi connectivity index (χ2v) is 7.26. The Morgan fingerprint density at radius 1 is 1.43 bits per heavy atom. The molecule has 2 heterocycles. The van der Waals surface area contributed by atoms with Crippen molar-refractivity contribution in [2.75, 3.05) is 5.32 Å². The van der Waals surface area contributed by atoms with Crippen LogP contribution < -0.4 is 5.32 Å². The van der Waals surface area contributed by atoms with E-state index in [1.807, 2.05) is 42.8 Å². The number of rotatable bonds is 4. The SMILES string of the molecule is CC(C)n1cccc1-c1cc2cc(NC(=O)C3CC3F)ncc2c(F)c1C#N. The van der Waals surface area contributed by atoms with Crippen LogP contribution in [0.2, 0.25) is 0 Å². The highest BCUT2D eigenvalue weighted by atomic mass is 19.1. The first-order valence-corrected chi connectivity index (χ1v) is 9.05. The largest absolute Gasteiger partial charge is 0.345 e. The minimum Gasteiger partial charge on any atom is -0.345 e. The summed E-state index contributed by atoms with van der Waals surface area (Å²) in [5, 5.41) is 12.8. The molecule has 1 aromatic carbocycles. The number of anilines is 1. The number of fused-ring (bicyclic) bond motifs is 1. The topological polar surface area (TPSA) is 70.7 Å². The van der Waals surface area contributed by atoms with Crippen molar-refractivity contribution < 1.29 is 13.6 Å². The van der Waals surface area contributed by atoms with E-state index in [0.717, 1.165) is 5.69 Å². The van der Waals surface area contributed by atoms with Crippen LogP contribution >= 0.6 is 0 Å². The Bertz CT molecular complexity index is 1130. The van der Waals surface area contributed by atoms with E-state index < -0.39 is 23.8 Å². The van der Waals surface area contributed by atoms with E-state index in [1.54, 1.807) is 12.1 Å². The van der Waals surface area contributed by atoms with Gasteiger partial charge < -0.3 is 9.88 Å². The van der Waals surface area contributed by atoms with Crippen molar-refractivity contribution in [2.45, 2.75) is 32.5 Å². The highest BCUT2D eigenvalue weighted by Crippen LogP contribution is 2.36. The van der Waals surface area contributed by atoms with Gasteiger partial charge in [-0.05, 0) is 49.9 Å². The van der Waals surface area contributed by atoms with Crippen LogP contribution in [0, 0.1) is 23.1 Å². The standard InChI is InChI=1S/C21H18F2N4O/c1-11(2)27-5-3-4-18(27)13-6-12-7-19(26-21(28)14-8-17(14)22)25-10-16(12)20(23)15(13)9-24/h3-7,10-11,14,17H,8H2,1-2H3,(H,25,26,28). The fourth-order valence-electron chi connectivity index (χ4n) is 3.36. The molecule has 2 aromatic heterocycles. The van der Waals surface area contributed by atoms with E-state index in [1.165, 1.54) is 6.20 Å². The maximum absolute atomic E-state index is 15.0. The summed E-state index contributed by atoms with van der Waals surface area (Å²) in [4.78, 5) is 16.0. The lowest BCUT2D eigenvalue weighted by Gasteiger charge is -2.15. The summed E-state index contributed by atoms with van der Waals surface area (Å²) in [5.74, 6) is -1.49. The van der Waals surface area contributed by atoms with Crippen LogP contribution in [0.5, 0.6) is 0 Å². The molecule has 0 aliphatic heterocycles. The summed E-state index contributed by atoms with van der Waals surface area (Å²) in [7, 11) is 0. The normalized spacial score (nSPS) is 18.3. The second kappa shape index (κ2) is 6.71. The molecule has 1 N–H and O–H groups in total. The lowest BCUT2D eigenvalue weighted by atomic mass is 9.99. The lowest BCUT2D eigenvalue weighted by Crippen LogP contribution is -2.15. The molecule has 5 nitrogen and oxygen atoms in total. The number of nitrogens with one attached hydrogen (secondary N) is 1. The number of pyridine rings is 1. The van der Waals surface area contributed by atoms with Gasteiger partial charge in [0.15, 0.2) is 5.82 Å². The Kier molecular flexibility index (Phi) is 4.34. The van der Waals surface area contributed by atoms with Crippen molar-refractivity contribution in [2.24, 2.45) is 5.92 Å². The van der Waals surface area contributed by atoms with Gasteiger partial charge in [0, 0.05) is 35.1 Å². The molecule has 0 radical (unpaired) electrons. The van der Waals surface area contributed by atoms with Gasteiger partial charge in [-0.25, -0.2) is 13.8 Å². The smallest absolute Gasteiger partial charge is 0.231 e. The maximum atomic E-state index is 15.0. The molecule has 142 valence electrons. The third-order valence-corrected chi connectivity index (χ3v) is 4.98. The number of nitrogens with zero attached hydrogens (tertiary/aromatic N) is 3. The third-order valence-electron chi connectivity index (χ3n) is 4.98. The number of hydrogen-bond donors (Lipinski definition) is 1. The minimum atomic E-state index is -1.11. The molecule has 1 aliphatic carbocycles. The van der Waals surface area contributed by atoms with Crippen LogP contribution in [0.1, 0.15) is 31.9 Å². The number of carbonyl (C=O) groups is 1. The third kappa shape index (κ3) is 3.01. The molecule has 1 aliphatic rings. The van der Waals surface area contributed by atoms with Gasteiger partial charge in [0.2, 0.25) is 5.91 Å². The molecule has 0 bridgehead atoms. The van der Waals surface area contributed by atoms with Gasteiger partial charge in [-0.2, -0.15) is 5.26 Å². The number of carbonyl (C=O) groups excluding carboxylic acids is 1. The first kappa shape index (κ1) is 18.1. The van der Waals surface area contributed by atoms with E-state index in [2.05, 4.69) is 10.3 Å². The zero-order valence-electron chi connectivity index (χ0n) is 15.4. The van der Waals surface area contributed by atoms with Crippen LogP contribution in [0.3, 0.4) is 0 Å². The molecule has 1 saturated carbocycles. The van der Waals surface area contributed by atoms with Crippen LogP contribution in [-0.2, 0) is 4.79 Å². The minimum absolute atomic E-state index is 0.0510. The Morgan fingerprint density at radius 2 is 2.18 bits per heavy atom. The molecule has 1 amide bonds. The highest BCUT2D eigenvalue weighted by Gasteiger charge is 2.43. The van der Waals surface area contributed by atoms with E-state index in [0.29, 0.717) is 10.9 Å². The molecule has 28 heavy (non-hydrogen) atoms. The van der Waals surface area contributed by atoms with Gasteiger partial charge >= 0.3 is 0 Å². The van der Waals surface area contributed by atoms with Crippen LogP contribution in [0.15, 0.2) is 36.7 Å². The summed E-state index contributed by atoms with van der Waals surface area (Å²) in [5.41, 5.74) is 1.15. The van der Waals surface area contributed by atoms with Crippen molar-refractivity contribution >= 4 is 22.5 Å². The van der Waals surface area contributed by atoms with Gasteiger partial charge in [0.25, 0.3) is 0 Å². The zero-order chi connectivity index (χ0) is 20.0. The summed E-state index contributed by atoms with van der Waals surface area (Å²) >= 11 is 0. The van der Waals surface area contributed by atoms with Crippen molar-refractivity contribution in [3.63, 3.8) is 0 Å². The summed E-state index contributed by atoms with van der Waals surface area (Å²) in [6.07, 6.45) is 2.28. The Hall–Kier alpha value is -3.27. The Morgan fingerprint density at radius 3 is 2.82 bits per heavy atom. The number of halogens is 2. The maximum Gasteiger partial charge on any atom is 0.231 e. The lowest BCUT2D eigenvalue weighted by molar-refractivity contribution is -0.117. The van der Waals surface area contributed by atoms with Crippen molar-refractivity contribution in [3.05, 3.63) is 48.0 Å². The van der Waals surface area contributed by atoms with Crippen LogP contribution in [0.4, 0.5) is 14.6 Å². The fraction of sp³-hybridized carbons (Fsp3) is 0.286. The first-order valence-electron chi connectivity index (χ1n) is 9.05. The molecule has 2 unspecified atom stereocenters. The van der Waals surface area contributed by atoms with E-state index in [9.17, 15) is 14.4 Å². The molecule has 7 heteroatoms. The fourth-order valence-corrected chi connectivity index (χ4v) is 3.36. The number of alkyl halides is 1. The Labute approximate surface area is 160 Å². The number of nitriles is 1. The van der Waals surface area contributed by atoms with Gasteiger partial charge in [-0.15, -0.1) is 0 Å². The van der Waals surface area contributed by atoms with Crippen molar-refractivity contribution in [1.29, 1.82) is 5.26 Å². The number of aromatic nitrogens is 2. The summed E-state index contributed by atoms with van der Waals surface area (Å²) in [6, 6.07) is 9.03. The number of benzene rings is 1. The van der Waals surface area contributed by atoms with Gasteiger partial charge in [0.1, 0.15) is 18.1 Å². The van der Waals surface area contributed by atoms with Crippen molar-refractivity contribution in [3.8, 4) is 17.3 Å². The monoisotopic (exact) mass is 380 g/mol.